The minimum atomic E-state index is 0.115. The first-order valence-corrected chi connectivity index (χ1v) is 8.67. The van der Waals surface area contributed by atoms with Crippen molar-refractivity contribution in [2.75, 3.05) is 6.54 Å². The molecule has 6 nitrogen and oxygen atoms in total. The van der Waals surface area contributed by atoms with E-state index >= 15 is 0 Å². The molecule has 1 aromatic carbocycles. The fraction of sp³-hybridized carbons (Fsp3) is 0.333. The summed E-state index contributed by atoms with van der Waals surface area (Å²) in [6, 6.07) is 7.86. The topological polar surface area (TPSA) is 56.9 Å². The van der Waals surface area contributed by atoms with E-state index in [0.29, 0.717) is 6.61 Å². The maximum Gasteiger partial charge on any atom is 0.135 e. The molecule has 0 bridgehead atoms. The van der Waals surface area contributed by atoms with Crippen LogP contribution in [0.15, 0.2) is 42.9 Å². The molecule has 0 saturated carbocycles. The van der Waals surface area contributed by atoms with Crippen LogP contribution in [-0.2, 0) is 31.5 Å². The van der Waals surface area contributed by atoms with Crippen molar-refractivity contribution in [1.29, 1.82) is 0 Å². The number of imidazole rings is 1. The van der Waals surface area contributed by atoms with Gasteiger partial charge in [-0.1, -0.05) is 23.7 Å². The van der Waals surface area contributed by atoms with E-state index in [1.54, 1.807) is 0 Å². The molecule has 7 heteroatoms. The van der Waals surface area contributed by atoms with Gasteiger partial charge in [0.1, 0.15) is 12.4 Å². The summed E-state index contributed by atoms with van der Waals surface area (Å²) in [6.45, 7) is 2.89. The Labute approximate surface area is 151 Å². The Balaban J connectivity index is 1.42. The molecule has 0 saturated heterocycles. The van der Waals surface area contributed by atoms with E-state index in [9.17, 15) is 0 Å². The molecule has 2 aromatic heterocycles. The Kier molecular flexibility index (Phi) is 4.57. The second-order valence-electron chi connectivity index (χ2n) is 6.26. The zero-order valence-electron chi connectivity index (χ0n) is 14.0. The molecule has 3 aromatic rings. The maximum absolute atomic E-state index is 5.99. The predicted molar refractivity (Wildman–Crippen MR) is 96.2 cm³/mol. The molecule has 25 heavy (non-hydrogen) atoms. The zero-order valence-corrected chi connectivity index (χ0v) is 14.8. The first kappa shape index (κ1) is 16.3. The summed E-state index contributed by atoms with van der Waals surface area (Å²) in [7, 11) is 1.92. The quantitative estimate of drug-likeness (QED) is 0.762. The Hall–Kier alpha value is -2.15. The smallest absolute Gasteiger partial charge is 0.135 e. The van der Waals surface area contributed by atoms with Crippen molar-refractivity contribution in [2.24, 2.45) is 7.05 Å². The molecular formula is C18H20ClN5O. The number of hydrogen-bond acceptors (Lipinski definition) is 4. The van der Waals surface area contributed by atoms with Gasteiger partial charge >= 0.3 is 0 Å². The van der Waals surface area contributed by atoms with Crippen LogP contribution in [0.4, 0.5) is 0 Å². The summed E-state index contributed by atoms with van der Waals surface area (Å²) in [5.41, 5.74) is 3.39. The van der Waals surface area contributed by atoms with Crippen molar-refractivity contribution in [3.63, 3.8) is 0 Å². The maximum atomic E-state index is 5.99. The fourth-order valence-corrected chi connectivity index (χ4v) is 3.22. The highest BCUT2D eigenvalue weighted by Crippen LogP contribution is 2.26. The third-order valence-electron chi connectivity index (χ3n) is 4.37. The fourth-order valence-electron chi connectivity index (χ4n) is 3.10. The molecule has 1 aliphatic heterocycles. The molecule has 0 unspecified atom stereocenters. The average Bonchev–Trinajstić information content (AvgIpc) is 3.22. The van der Waals surface area contributed by atoms with Crippen molar-refractivity contribution >= 4 is 11.6 Å². The number of rotatable bonds is 5. The van der Waals surface area contributed by atoms with Gasteiger partial charge in [0.2, 0.25) is 0 Å². The van der Waals surface area contributed by atoms with E-state index in [0.717, 1.165) is 41.7 Å². The van der Waals surface area contributed by atoms with Crippen LogP contribution in [0.3, 0.4) is 0 Å². The van der Waals surface area contributed by atoms with Crippen LogP contribution < -0.4 is 5.32 Å². The van der Waals surface area contributed by atoms with Gasteiger partial charge in [0.15, 0.2) is 0 Å². The number of aromatic nitrogens is 4. The number of hydrogen-bond donors (Lipinski definition) is 1. The van der Waals surface area contributed by atoms with Crippen LogP contribution in [-0.4, -0.2) is 32.0 Å². The molecule has 130 valence electrons. The highest BCUT2D eigenvalue weighted by Gasteiger charge is 2.22. The Bertz CT molecular complexity index is 855. The normalized spacial score (nSPS) is 16.8. The Morgan fingerprint density at radius 3 is 2.88 bits per heavy atom. The monoisotopic (exact) mass is 357 g/mol. The summed E-state index contributed by atoms with van der Waals surface area (Å²) in [5.74, 6) is 0.966. The van der Waals surface area contributed by atoms with Crippen LogP contribution >= 0.6 is 11.6 Å². The van der Waals surface area contributed by atoms with E-state index in [-0.39, 0.29) is 6.10 Å². The van der Waals surface area contributed by atoms with Crippen LogP contribution in [0, 0.1) is 0 Å². The molecular weight excluding hydrogens is 338 g/mol. The van der Waals surface area contributed by atoms with Gasteiger partial charge < -0.3 is 14.6 Å². The number of fused-ring (bicyclic) bond motifs is 1. The van der Waals surface area contributed by atoms with Gasteiger partial charge in [-0.25, -0.2) is 4.98 Å². The van der Waals surface area contributed by atoms with Crippen molar-refractivity contribution < 1.29 is 4.74 Å². The number of ether oxygens (including phenoxy) is 1. The highest BCUT2D eigenvalue weighted by atomic mass is 35.5. The molecule has 1 atom stereocenters. The number of halogens is 1. The Morgan fingerprint density at radius 2 is 2.12 bits per heavy atom. The molecule has 0 radical (unpaired) electrons. The van der Waals surface area contributed by atoms with Crippen molar-refractivity contribution in [1.82, 2.24) is 24.6 Å². The number of nitrogens with zero attached hydrogens (tertiary/aromatic N) is 4. The van der Waals surface area contributed by atoms with Gasteiger partial charge in [0.25, 0.3) is 0 Å². The molecule has 1 N–H and O–H groups in total. The van der Waals surface area contributed by atoms with Gasteiger partial charge in [-0.3, -0.25) is 4.68 Å². The third kappa shape index (κ3) is 3.61. The predicted octanol–water partition coefficient (Wildman–Crippen LogP) is 2.63. The van der Waals surface area contributed by atoms with Gasteiger partial charge in [0.05, 0.1) is 30.7 Å². The lowest BCUT2D eigenvalue weighted by molar-refractivity contribution is 0.00326. The largest absolute Gasteiger partial charge is 0.367 e. The van der Waals surface area contributed by atoms with E-state index in [2.05, 4.69) is 20.0 Å². The van der Waals surface area contributed by atoms with E-state index < -0.39 is 0 Å². The summed E-state index contributed by atoms with van der Waals surface area (Å²) in [5, 5.41) is 8.36. The van der Waals surface area contributed by atoms with Crippen molar-refractivity contribution in [2.45, 2.75) is 25.8 Å². The van der Waals surface area contributed by atoms with Gasteiger partial charge in [-0.15, -0.1) is 0 Å². The van der Waals surface area contributed by atoms with E-state index in [1.807, 2.05) is 54.6 Å². The van der Waals surface area contributed by atoms with Gasteiger partial charge in [-0.2, -0.15) is 5.10 Å². The molecule has 3 heterocycles. The molecule has 0 spiro atoms. The second-order valence-corrected chi connectivity index (χ2v) is 6.70. The second kappa shape index (κ2) is 7.00. The van der Waals surface area contributed by atoms with Crippen molar-refractivity contribution in [3.05, 3.63) is 59.3 Å². The highest BCUT2D eigenvalue weighted by molar-refractivity contribution is 6.30. The van der Waals surface area contributed by atoms with Gasteiger partial charge in [-0.05, 0) is 17.7 Å². The lowest BCUT2D eigenvalue weighted by Crippen LogP contribution is -2.36. The first-order valence-electron chi connectivity index (χ1n) is 8.29. The minimum Gasteiger partial charge on any atom is -0.367 e. The Morgan fingerprint density at radius 1 is 1.28 bits per heavy atom. The van der Waals surface area contributed by atoms with E-state index in [4.69, 9.17) is 16.3 Å². The minimum absolute atomic E-state index is 0.115. The van der Waals surface area contributed by atoms with Gasteiger partial charge in [0, 0.05) is 36.9 Å². The lowest BCUT2D eigenvalue weighted by atomic mass is 10.1. The lowest BCUT2D eigenvalue weighted by Gasteiger charge is -2.26. The molecule has 0 amide bonds. The summed E-state index contributed by atoms with van der Waals surface area (Å²) in [4.78, 5) is 4.49. The molecule has 4 rings (SSSR count). The summed E-state index contributed by atoms with van der Waals surface area (Å²) < 4.78 is 9.98. The van der Waals surface area contributed by atoms with E-state index in [1.165, 1.54) is 5.56 Å². The zero-order chi connectivity index (χ0) is 17.2. The number of benzene rings is 1. The van der Waals surface area contributed by atoms with Crippen LogP contribution in [0.1, 0.15) is 11.4 Å². The molecule has 0 fully saturated rings. The molecule has 1 aliphatic rings. The standard InChI is InChI=1S/C18H20ClN5O/c1-23-10-13(7-22-23)6-20-8-16-11-24-17(9-21-18(24)12-25-16)14-2-4-15(19)5-3-14/h2-5,7,9-10,16,20H,6,8,11-12H2,1H3/t16-/m0/s1. The van der Waals surface area contributed by atoms with Crippen LogP contribution in [0.2, 0.25) is 5.02 Å². The SMILES string of the molecule is Cn1cc(CNC[C@H]2Cn3c(-c4ccc(Cl)cc4)cnc3CO2)cn1. The average molecular weight is 358 g/mol. The first-order chi connectivity index (χ1) is 12.2. The van der Waals surface area contributed by atoms with Crippen LogP contribution in [0.25, 0.3) is 11.3 Å². The van der Waals surface area contributed by atoms with Crippen molar-refractivity contribution in [3.8, 4) is 11.3 Å². The third-order valence-corrected chi connectivity index (χ3v) is 4.62. The number of nitrogens with one attached hydrogen (secondary N) is 1. The summed E-state index contributed by atoms with van der Waals surface area (Å²) >= 11 is 5.99. The summed E-state index contributed by atoms with van der Waals surface area (Å²) in [6.07, 6.45) is 5.92. The van der Waals surface area contributed by atoms with Crippen LogP contribution in [0.5, 0.6) is 0 Å². The molecule has 0 aliphatic carbocycles. The number of aryl methyl sites for hydroxylation is 1.